The van der Waals surface area contributed by atoms with Crippen molar-refractivity contribution in [3.8, 4) is 0 Å². The van der Waals surface area contributed by atoms with Gasteiger partial charge in [-0.2, -0.15) is 0 Å². The Morgan fingerprint density at radius 3 is 2.67 bits per heavy atom. The molecule has 0 aromatic rings. The second kappa shape index (κ2) is 8.48. The molecule has 1 aliphatic heterocycles. The van der Waals surface area contributed by atoms with Crippen LogP contribution in [-0.4, -0.2) is 70.3 Å². The number of nitrogens with one attached hydrogen (secondary N) is 1. The number of rotatable bonds is 7. The summed E-state index contributed by atoms with van der Waals surface area (Å²) in [5, 5.41) is 12.0. The molecule has 1 rings (SSSR count). The van der Waals surface area contributed by atoms with Gasteiger partial charge < -0.3 is 15.3 Å². The monoisotopic (exact) mass is 317 g/mol. The van der Waals surface area contributed by atoms with Crippen molar-refractivity contribution < 1.29 is 14.7 Å². The highest BCUT2D eigenvalue weighted by molar-refractivity contribution is 8.00. The van der Waals surface area contributed by atoms with Crippen LogP contribution in [0.15, 0.2) is 0 Å². The smallest absolute Gasteiger partial charge is 0.327 e. The summed E-state index contributed by atoms with van der Waals surface area (Å²) in [6.07, 6.45) is 1.62. The molecule has 0 aromatic carbocycles. The van der Waals surface area contributed by atoms with Crippen LogP contribution in [0.1, 0.15) is 33.6 Å². The van der Waals surface area contributed by atoms with Gasteiger partial charge in [0.25, 0.3) is 0 Å². The molecule has 1 fully saturated rings. The summed E-state index contributed by atoms with van der Waals surface area (Å²) < 4.78 is 0. The summed E-state index contributed by atoms with van der Waals surface area (Å²) in [5.41, 5.74) is 0. The number of carboxylic acid groups (broad SMARTS) is 1. The van der Waals surface area contributed by atoms with E-state index in [4.69, 9.17) is 0 Å². The number of nitrogens with zero attached hydrogens (tertiary/aromatic N) is 2. The topological polar surface area (TPSA) is 72.9 Å². The Morgan fingerprint density at radius 2 is 2.14 bits per heavy atom. The lowest BCUT2D eigenvalue weighted by molar-refractivity contribution is -0.141. The van der Waals surface area contributed by atoms with Crippen molar-refractivity contribution in [2.24, 2.45) is 0 Å². The Hall–Kier alpha value is -0.950. The van der Waals surface area contributed by atoms with Crippen LogP contribution in [0.5, 0.6) is 0 Å². The molecular weight excluding hydrogens is 290 g/mol. The minimum atomic E-state index is -0.923. The number of amides is 2. The first-order valence-electron chi connectivity index (χ1n) is 7.49. The number of carbonyl (C=O) groups excluding carboxylic acids is 1. The summed E-state index contributed by atoms with van der Waals surface area (Å²) in [7, 11) is 2.05. The SMILES string of the molecule is CCC1SCC(C(=O)O)N1C(=O)NCCCN(C)C(C)C. The lowest BCUT2D eigenvalue weighted by Gasteiger charge is -2.27. The first-order valence-corrected chi connectivity index (χ1v) is 8.54. The maximum Gasteiger partial charge on any atom is 0.327 e. The molecule has 0 bridgehead atoms. The molecule has 21 heavy (non-hydrogen) atoms. The molecule has 2 amide bonds. The molecule has 0 aliphatic carbocycles. The van der Waals surface area contributed by atoms with Gasteiger partial charge in [0.1, 0.15) is 6.04 Å². The van der Waals surface area contributed by atoms with Crippen LogP contribution in [-0.2, 0) is 4.79 Å². The van der Waals surface area contributed by atoms with Crippen molar-refractivity contribution >= 4 is 23.8 Å². The van der Waals surface area contributed by atoms with Crippen molar-refractivity contribution in [3.63, 3.8) is 0 Å². The number of hydrogen-bond donors (Lipinski definition) is 2. The van der Waals surface area contributed by atoms with Gasteiger partial charge in [0.2, 0.25) is 0 Å². The van der Waals surface area contributed by atoms with Crippen molar-refractivity contribution in [1.82, 2.24) is 15.1 Å². The van der Waals surface area contributed by atoms with Crippen LogP contribution in [0.2, 0.25) is 0 Å². The molecule has 2 atom stereocenters. The lowest BCUT2D eigenvalue weighted by atomic mass is 10.2. The Kier molecular flexibility index (Phi) is 7.31. The molecule has 0 aromatic heterocycles. The van der Waals surface area contributed by atoms with E-state index >= 15 is 0 Å². The van der Waals surface area contributed by atoms with Gasteiger partial charge in [-0.05, 0) is 40.3 Å². The predicted octanol–water partition coefficient (Wildman–Crippen LogP) is 1.66. The van der Waals surface area contributed by atoms with Crippen LogP contribution >= 0.6 is 11.8 Å². The molecule has 6 nitrogen and oxygen atoms in total. The van der Waals surface area contributed by atoms with E-state index in [0.29, 0.717) is 18.3 Å². The van der Waals surface area contributed by atoms with Crippen LogP contribution in [0.4, 0.5) is 4.79 Å². The largest absolute Gasteiger partial charge is 0.480 e. The molecule has 1 heterocycles. The summed E-state index contributed by atoms with van der Waals surface area (Å²) in [5.74, 6) is -0.453. The van der Waals surface area contributed by atoms with E-state index in [1.165, 1.54) is 16.7 Å². The van der Waals surface area contributed by atoms with Gasteiger partial charge in [0, 0.05) is 18.3 Å². The van der Waals surface area contributed by atoms with Gasteiger partial charge >= 0.3 is 12.0 Å². The molecule has 0 spiro atoms. The maximum atomic E-state index is 12.2. The zero-order chi connectivity index (χ0) is 16.0. The van der Waals surface area contributed by atoms with E-state index < -0.39 is 12.0 Å². The lowest BCUT2D eigenvalue weighted by Crippen LogP contribution is -2.50. The maximum absolute atomic E-state index is 12.2. The van der Waals surface area contributed by atoms with Crippen LogP contribution in [0, 0.1) is 0 Å². The van der Waals surface area contributed by atoms with E-state index in [2.05, 4.69) is 31.1 Å². The number of urea groups is 1. The number of carboxylic acids is 1. The standard InChI is InChI=1S/C14H27N3O3S/c1-5-12-17(11(9-21-12)13(18)19)14(20)15-7-6-8-16(4)10(2)3/h10-12H,5-9H2,1-4H3,(H,15,20)(H,18,19). The van der Waals surface area contributed by atoms with Crippen molar-refractivity contribution in [1.29, 1.82) is 0 Å². The van der Waals surface area contributed by atoms with Gasteiger partial charge in [-0.15, -0.1) is 11.8 Å². The molecule has 2 unspecified atom stereocenters. The molecule has 1 saturated heterocycles. The molecule has 2 N–H and O–H groups in total. The second-order valence-corrected chi connectivity index (χ2v) is 6.83. The van der Waals surface area contributed by atoms with E-state index in [0.717, 1.165) is 19.4 Å². The first kappa shape index (κ1) is 18.1. The molecule has 122 valence electrons. The van der Waals surface area contributed by atoms with Gasteiger partial charge in [0.05, 0.1) is 5.37 Å². The molecule has 7 heteroatoms. The molecule has 0 saturated carbocycles. The van der Waals surface area contributed by atoms with Crippen LogP contribution in [0.3, 0.4) is 0 Å². The highest BCUT2D eigenvalue weighted by Crippen LogP contribution is 2.31. The number of aliphatic carboxylic acids is 1. The summed E-state index contributed by atoms with van der Waals surface area (Å²) >= 11 is 1.54. The third-order valence-corrected chi connectivity index (χ3v) is 5.26. The average molecular weight is 317 g/mol. The van der Waals surface area contributed by atoms with Crippen molar-refractivity contribution in [3.05, 3.63) is 0 Å². The second-order valence-electron chi connectivity index (χ2n) is 5.62. The molecular formula is C14H27N3O3S. The van der Waals surface area contributed by atoms with Crippen molar-refractivity contribution in [2.45, 2.75) is 51.1 Å². The highest BCUT2D eigenvalue weighted by atomic mass is 32.2. The zero-order valence-corrected chi connectivity index (χ0v) is 14.2. The molecule has 0 radical (unpaired) electrons. The zero-order valence-electron chi connectivity index (χ0n) is 13.3. The fourth-order valence-corrected chi connectivity index (χ4v) is 3.56. The fourth-order valence-electron chi connectivity index (χ4n) is 2.21. The van der Waals surface area contributed by atoms with Gasteiger partial charge in [0.15, 0.2) is 0 Å². The van der Waals surface area contributed by atoms with E-state index in [1.54, 1.807) is 0 Å². The van der Waals surface area contributed by atoms with Gasteiger partial charge in [-0.1, -0.05) is 6.92 Å². The van der Waals surface area contributed by atoms with Gasteiger partial charge in [-0.25, -0.2) is 9.59 Å². The average Bonchev–Trinajstić information content (AvgIpc) is 2.86. The van der Waals surface area contributed by atoms with Crippen LogP contribution in [0.25, 0.3) is 0 Å². The Labute approximate surface area is 131 Å². The van der Waals surface area contributed by atoms with E-state index in [1.807, 2.05) is 6.92 Å². The summed E-state index contributed by atoms with van der Waals surface area (Å²) in [6, 6.07) is -0.485. The minimum Gasteiger partial charge on any atom is -0.480 e. The quantitative estimate of drug-likeness (QED) is 0.699. The molecule has 1 aliphatic rings. The predicted molar refractivity (Wildman–Crippen MR) is 85.6 cm³/mol. The third kappa shape index (κ3) is 5.07. The summed E-state index contributed by atoms with van der Waals surface area (Å²) in [6.45, 7) is 7.71. The third-order valence-electron chi connectivity index (χ3n) is 3.81. The van der Waals surface area contributed by atoms with Gasteiger partial charge in [-0.3, -0.25) is 4.90 Å². The Morgan fingerprint density at radius 1 is 1.48 bits per heavy atom. The number of hydrogen-bond acceptors (Lipinski definition) is 4. The van der Waals surface area contributed by atoms with Crippen LogP contribution < -0.4 is 5.32 Å². The number of carbonyl (C=O) groups is 2. The van der Waals surface area contributed by atoms with Crippen molar-refractivity contribution in [2.75, 3.05) is 25.9 Å². The first-order chi connectivity index (χ1) is 9.88. The van der Waals surface area contributed by atoms with E-state index in [-0.39, 0.29) is 11.4 Å². The Bertz CT molecular complexity index is 365. The minimum absolute atomic E-state index is 0.0376. The normalized spacial score (nSPS) is 22.1. The summed E-state index contributed by atoms with van der Waals surface area (Å²) in [4.78, 5) is 27.2. The van der Waals surface area contributed by atoms with E-state index in [9.17, 15) is 14.7 Å². The Balaban J connectivity index is 2.43. The number of thioether (sulfide) groups is 1. The fraction of sp³-hybridized carbons (Fsp3) is 0.857. The highest BCUT2D eigenvalue weighted by Gasteiger charge is 2.40.